The Morgan fingerprint density at radius 3 is 2.35 bits per heavy atom. The van der Waals surface area contributed by atoms with E-state index in [9.17, 15) is 0 Å². The average molecular weight is 247 g/mol. The van der Waals surface area contributed by atoms with Crippen molar-refractivity contribution in [2.75, 3.05) is 0 Å². The van der Waals surface area contributed by atoms with Crippen molar-refractivity contribution >= 4 is 11.6 Å². The largest absolute Gasteiger partial charge is 0.337 e. The van der Waals surface area contributed by atoms with Crippen LogP contribution < -0.4 is 5.32 Å². The molecule has 0 unspecified atom stereocenters. The van der Waals surface area contributed by atoms with Gasteiger partial charge in [0.1, 0.15) is 12.6 Å². The molecule has 0 heterocycles. The highest BCUT2D eigenvalue weighted by Crippen LogP contribution is 2.19. The van der Waals surface area contributed by atoms with Gasteiger partial charge in [-0.15, -0.1) is 0 Å². The second kappa shape index (κ2) is 5.85. The van der Waals surface area contributed by atoms with E-state index in [2.05, 4.69) is 42.6 Å². The van der Waals surface area contributed by atoms with E-state index < -0.39 is 0 Å². The van der Waals surface area contributed by atoms with E-state index in [1.54, 1.807) is 0 Å². The topological polar surface area (TPSA) is 16.6 Å². The molecule has 0 bridgehead atoms. The minimum Gasteiger partial charge on any atom is -0.337 e. The maximum absolute atomic E-state index is 6.18. The van der Waals surface area contributed by atoms with E-state index in [1.165, 1.54) is 11.1 Å². The number of hydrogen-bond donors (Lipinski definition) is 1. The first-order valence-electron chi connectivity index (χ1n) is 5.89. The third kappa shape index (κ3) is 3.32. The molecule has 0 aliphatic heterocycles. The lowest BCUT2D eigenvalue weighted by Gasteiger charge is -2.12. The Balaban J connectivity index is 1.99. The minimum absolute atomic E-state index is 0.379. The molecule has 0 saturated heterocycles. The Morgan fingerprint density at radius 1 is 1.00 bits per heavy atom. The van der Waals surface area contributed by atoms with Gasteiger partial charge in [0.05, 0.1) is 0 Å². The lowest BCUT2D eigenvalue weighted by Crippen LogP contribution is -2.83. The van der Waals surface area contributed by atoms with Crippen LogP contribution in [0.5, 0.6) is 0 Å². The highest BCUT2D eigenvalue weighted by molar-refractivity contribution is 6.31. The zero-order chi connectivity index (χ0) is 12.1. The highest BCUT2D eigenvalue weighted by atomic mass is 35.5. The van der Waals surface area contributed by atoms with Gasteiger partial charge in [0.15, 0.2) is 0 Å². The summed E-state index contributed by atoms with van der Waals surface area (Å²) in [6, 6.07) is 18.9. The standard InChI is InChI=1S/C15H16ClN/c1-12(14-9-5-6-10-15(14)16)17-11-13-7-3-2-4-8-13/h2-10,12,17H,11H2,1H3/p+1/t12-/m0/s1. The predicted molar refractivity (Wildman–Crippen MR) is 71.9 cm³/mol. The van der Waals surface area contributed by atoms with Crippen molar-refractivity contribution in [1.82, 2.24) is 0 Å². The van der Waals surface area contributed by atoms with Crippen molar-refractivity contribution in [3.63, 3.8) is 0 Å². The summed E-state index contributed by atoms with van der Waals surface area (Å²) in [7, 11) is 0. The molecule has 0 aliphatic carbocycles. The van der Waals surface area contributed by atoms with Gasteiger partial charge in [-0.05, 0) is 13.0 Å². The van der Waals surface area contributed by atoms with Crippen LogP contribution in [0.25, 0.3) is 0 Å². The van der Waals surface area contributed by atoms with Gasteiger partial charge in [0.25, 0.3) is 0 Å². The molecule has 2 aromatic rings. The molecule has 1 atom stereocenters. The first-order valence-corrected chi connectivity index (χ1v) is 6.27. The Morgan fingerprint density at radius 2 is 1.65 bits per heavy atom. The van der Waals surface area contributed by atoms with Crippen LogP contribution in [0.2, 0.25) is 5.02 Å². The summed E-state index contributed by atoms with van der Waals surface area (Å²) in [6.07, 6.45) is 0. The summed E-state index contributed by atoms with van der Waals surface area (Å²) in [6.45, 7) is 3.16. The SMILES string of the molecule is C[C@H]([NH2+]Cc1ccccc1)c1ccccc1Cl. The zero-order valence-electron chi connectivity index (χ0n) is 9.94. The number of quaternary nitrogens is 1. The molecule has 2 aromatic carbocycles. The van der Waals surface area contributed by atoms with Crippen LogP contribution in [0.3, 0.4) is 0 Å². The molecule has 2 rings (SSSR count). The smallest absolute Gasteiger partial charge is 0.110 e. The fourth-order valence-electron chi connectivity index (χ4n) is 1.90. The third-order valence-corrected chi connectivity index (χ3v) is 3.29. The van der Waals surface area contributed by atoms with Gasteiger partial charge >= 0.3 is 0 Å². The van der Waals surface area contributed by atoms with E-state index in [0.717, 1.165) is 11.6 Å². The van der Waals surface area contributed by atoms with Crippen LogP contribution in [0.15, 0.2) is 54.6 Å². The van der Waals surface area contributed by atoms with E-state index in [1.807, 2.05) is 24.3 Å². The average Bonchev–Trinajstić information content (AvgIpc) is 2.38. The van der Waals surface area contributed by atoms with Crippen molar-refractivity contribution in [3.8, 4) is 0 Å². The summed E-state index contributed by atoms with van der Waals surface area (Å²) < 4.78 is 0. The molecule has 0 aromatic heterocycles. The third-order valence-electron chi connectivity index (χ3n) is 2.95. The molecule has 0 amide bonds. The quantitative estimate of drug-likeness (QED) is 0.854. The second-order valence-corrected chi connectivity index (χ2v) is 4.64. The molecule has 0 aliphatic rings. The molecule has 0 saturated carbocycles. The minimum atomic E-state index is 0.379. The van der Waals surface area contributed by atoms with Crippen LogP contribution in [0, 0.1) is 0 Å². The van der Waals surface area contributed by atoms with Gasteiger partial charge in [-0.25, -0.2) is 0 Å². The maximum Gasteiger partial charge on any atom is 0.110 e. The van der Waals surface area contributed by atoms with Crippen LogP contribution >= 0.6 is 11.6 Å². The summed E-state index contributed by atoms with van der Waals surface area (Å²) in [5.41, 5.74) is 2.54. The van der Waals surface area contributed by atoms with Crippen LogP contribution in [-0.4, -0.2) is 0 Å². The molecule has 88 valence electrons. The van der Waals surface area contributed by atoms with Crippen molar-refractivity contribution in [2.24, 2.45) is 0 Å². The van der Waals surface area contributed by atoms with Gasteiger partial charge in [0, 0.05) is 16.1 Å². The van der Waals surface area contributed by atoms with Crippen molar-refractivity contribution < 1.29 is 5.32 Å². The molecular weight excluding hydrogens is 230 g/mol. The lowest BCUT2D eigenvalue weighted by molar-refractivity contribution is -0.707. The number of rotatable bonds is 4. The van der Waals surface area contributed by atoms with Crippen molar-refractivity contribution in [1.29, 1.82) is 0 Å². The lowest BCUT2D eigenvalue weighted by atomic mass is 10.1. The van der Waals surface area contributed by atoms with E-state index >= 15 is 0 Å². The highest BCUT2D eigenvalue weighted by Gasteiger charge is 2.11. The van der Waals surface area contributed by atoms with Crippen LogP contribution in [0.1, 0.15) is 24.1 Å². The monoisotopic (exact) mass is 246 g/mol. The van der Waals surface area contributed by atoms with Gasteiger partial charge < -0.3 is 5.32 Å². The van der Waals surface area contributed by atoms with E-state index in [-0.39, 0.29) is 0 Å². The first-order chi connectivity index (χ1) is 8.27. The van der Waals surface area contributed by atoms with Gasteiger partial charge in [0.2, 0.25) is 0 Å². The summed E-state index contributed by atoms with van der Waals surface area (Å²) >= 11 is 6.18. The zero-order valence-corrected chi connectivity index (χ0v) is 10.7. The first kappa shape index (κ1) is 12.2. The van der Waals surface area contributed by atoms with E-state index in [4.69, 9.17) is 11.6 Å². The summed E-state index contributed by atoms with van der Waals surface area (Å²) in [4.78, 5) is 0. The fraction of sp³-hybridized carbons (Fsp3) is 0.200. The summed E-state index contributed by atoms with van der Waals surface area (Å²) in [5, 5.41) is 3.15. The molecule has 2 heteroatoms. The van der Waals surface area contributed by atoms with Crippen molar-refractivity contribution in [3.05, 3.63) is 70.7 Å². The fourth-order valence-corrected chi connectivity index (χ4v) is 2.21. The summed E-state index contributed by atoms with van der Waals surface area (Å²) in [5.74, 6) is 0. The molecule has 1 nitrogen and oxygen atoms in total. The molecular formula is C15H17ClN+. The molecule has 0 fully saturated rings. The molecule has 2 N–H and O–H groups in total. The Bertz CT molecular complexity index is 467. The predicted octanol–water partition coefficient (Wildman–Crippen LogP) is 3.16. The molecule has 0 spiro atoms. The van der Waals surface area contributed by atoms with Crippen LogP contribution in [-0.2, 0) is 6.54 Å². The second-order valence-electron chi connectivity index (χ2n) is 4.24. The Labute approximate surface area is 107 Å². The number of hydrogen-bond acceptors (Lipinski definition) is 0. The van der Waals surface area contributed by atoms with Gasteiger partial charge in [-0.3, -0.25) is 0 Å². The number of nitrogens with two attached hydrogens (primary N) is 1. The van der Waals surface area contributed by atoms with Crippen LogP contribution in [0.4, 0.5) is 0 Å². The Hall–Kier alpha value is -1.31. The number of benzene rings is 2. The normalized spacial score (nSPS) is 12.4. The maximum atomic E-state index is 6.18. The van der Waals surface area contributed by atoms with Gasteiger partial charge in [-0.2, -0.15) is 0 Å². The Kier molecular flexibility index (Phi) is 4.18. The van der Waals surface area contributed by atoms with Gasteiger partial charge in [-0.1, -0.05) is 60.1 Å². The van der Waals surface area contributed by atoms with Crippen molar-refractivity contribution in [2.45, 2.75) is 19.5 Å². The molecule has 17 heavy (non-hydrogen) atoms. The van der Waals surface area contributed by atoms with E-state index in [0.29, 0.717) is 6.04 Å². The number of halogens is 1. The molecule has 0 radical (unpaired) electrons.